The first-order valence-corrected chi connectivity index (χ1v) is 7.04. The first-order chi connectivity index (χ1) is 10.3. The molecule has 0 atom stereocenters. The molecule has 112 valence electrons. The molecule has 0 unspecified atom stereocenters. The highest BCUT2D eigenvalue weighted by Gasteiger charge is 2.22. The van der Waals surface area contributed by atoms with Gasteiger partial charge in [0.15, 0.2) is 11.6 Å². The lowest BCUT2D eigenvalue weighted by Crippen LogP contribution is -2.23. The van der Waals surface area contributed by atoms with Crippen LogP contribution in [0.2, 0.25) is 0 Å². The van der Waals surface area contributed by atoms with E-state index >= 15 is 0 Å². The summed E-state index contributed by atoms with van der Waals surface area (Å²) >= 11 is 0. The number of fused-ring (bicyclic) bond motifs is 1. The molecule has 8 heteroatoms. The zero-order valence-corrected chi connectivity index (χ0v) is 11.9. The smallest absolute Gasteiger partial charge is 0.271 e. The number of nitrogens with one attached hydrogen (secondary N) is 2. The van der Waals surface area contributed by atoms with Gasteiger partial charge in [-0.3, -0.25) is 4.79 Å². The number of amides is 1. The number of nitrogens with zero attached hydrogens (tertiary/aromatic N) is 4. The molecule has 1 aliphatic heterocycles. The van der Waals surface area contributed by atoms with Gasteiger partial charge in [-0.15, -0.1) is 10.2 Å². The number of aromatic amines is 1. The van der Waals surface area contributed by atoms with Gasteiger partial charge < -0.3 is 19.6 Å². The average molecular weight is 290 g/mol. The summed E-state index contributed by atoms with van der Waals surface area (Å²) in [5.41, 5.74) is 1.33. The van der Waals surface area contributed by atoms with E-state index in [9.17, 15) is 4.79 Å². The molecule has 0 saturated heterocycles. The van der Waals surface area contributed by atoms with E-state index in [4.69, 9.17) is 4.74 Å². The topological polar surface area (TPSA) is 97.7 Å². The van der Waals surface area contributed by atoms with E-state index in [2.05, 4.69) is 25.5 Å². The third kappa shape index (κ3) is 2.80. The number of hydrogen-bond donors (Lipinski definition) is 2. The van der Waals surface area contributed by atoms with Gasteiger partial charge in [0.05, 0.1) is 0 Å². The zero-order valence-electron chi connectivity index (χ0n) is 11.9. The average Bonchev–Trinajstić information content (AvgIpc) is 3.07. The fourth-order valence-electron chi connectivity index (χ4n) is 2.42. The number of carbonyl (C=O) groups excluding carboxylic acids is 1. The Hall–Kier alpha value is -2.22. The van der Waals surface area contributed by atoms with Gasteiger partial charge in [0.25, 0.3) is 5.91 Å². The van der Waals surface area contributed by atoms with Crippen molar-refractivity contribution in [3.05, 3.63) is 17.7 Å². The molecular weight excluding hydrogens is 272 g/mol. The van der Waals surface area contributed by atoms with Gasteiger partial charge in [-0.2, -0.15) is 0 Å². The molecule has 8 nitrogen and oxygen atoms in total. The van der Waals surface area contributed by atoms with Crippen LogP contribution in [0, 0.1) is 0 Å². The number of hydrogen-bond acceptors (Lipinski definition) is 5. The second-order valence-electron chi connectivity index (χ2n) is 4.97. The largest absolute Gasteiger partial charge is 0.385 e. The molecule has 0 radical (unpaired) electrons. The lowest BCUT2D eigenvalue weighted by Gasteiger charge is -2.04. The van der Waals surface area contributed by atoms with Gasteiger partial charge in [-0.05, 0) is 19.3 Å². The molecule has 0 aliphatic carbocycles. The standard InChI is InChI=1S/C13H18N6O2/c1-21-7-3-6-19-8-15-18-12(19)11-16-9-4-2-5-14-13(20)10(9)17-11/h8H,2-7H2,1H3,(H,14,20)(H,16,17). The number of ether oxygens (including phenoxy) is 1. The van der Waals surface area contributed by atoms with Crippen LogP contribution in [0.5, 0.6) is 0 Å². The number of aromatic nitrogens is 5. The van der Waals surface area contributed by atoms with Crippen LogP contribution in [0.15, 0.2) is 6.33 Å². The lowest BCUT2D eigenvalue weighted by atomic mass is 10.2. The molecule has 3 heterocycles. The van der Waals surface area contributed by atoms with E-state index in [-0.39, 0.29) is 5.91 Å². The Bertz CT molecular complexity index is 632. The Kier molecular flexibility index (Phi) is 3.96. The minimum Gasteiger partial charge on any atom is -0.385 e. The van der Waals surface area contributed by atoms with E-state index in [0.717, 1.165) is 31.5 Å². The van der Waals surface area contributed by atoms with Crippen LogP contribution in [0.3, 0.4) is 0 Å². The highest BCUT2D eigenvalue weighted by atomic mass is 16.5. The Balaban J connectivity index is 1.86. The molecule has 21 heavy (non-hydrogen) atoms. The summed E-state index contributed by atoms with van der Waals surface area (Å²) in [5, 5.41) is 10.9. The second kappa shape index (κ2) is 6.04. The summed E-state index contributed by atoms with van der Waals surface area (Å²) in [6.07, 6.45) is 4.24. The number of rotatable bonds is 5. The summed E-state index contributed by atoms with van der Waals surface area (Å²) in [5.74, 6) is 1.11. The van der Waals surface area contributed by atoms with Gasteiger partial charge in [0.2, 0.25) is 0 Å². The molecule has 1 aliphatic rings. The maximum absolute atomic E-state index is 11.9. The predicted octanol–water partition coefficient (Wildman–Crippen LogP) is 0.381. The van der Waals surface area contributed by atoms with E-state index in [1.165, 1.54) is 0 Å². The molecule has 0 bridgehead atoms. The van der Waals surface area contributed by atoms with Crippen molar-refractivity contribution >= 4 is 5.91 Å². The van der Waals surface area contributed by atoms with Crippen molar-refractivity contribution in [2.45, 2.75) is 25.8 Å². The molecule has 2 aromatic rings. The summed E-state index contributed by atoms with van der Waals surface area (Å²) in [7, 11) is 1.68. The summed E-state index contributed by atoms with van der Waals surface area (Å²) in [6, 6.07) is 0. The first kappa shape index (κ1) is 13.7. The SMILES string of the molecule is COCCCn1cnnc1-c1nc2c([nH]1)CCCNC2=O. The van der Waals surface area contributed by atoms with Crippen LogP contribution >= 0.6 is 0 Å². The monoisotopic (exact) mass is 290 g/mol. The molecule has 1 amide bonds. The molecule has 0 aromatic carbocycles. The molecule has 3 rings (SSSR count). The van der Waals surface area contributed by atoms with Gasteiger partial charge in [0.1, 0.15) is 12.0 Å². The fourth-order valence-corrected chi connectivity index (χ4v) is 2.42. The predicted molar refractivity (Wildman–Crippen MR) is 74.8 cm³/mol. The Morgan fingerprint density at radius 2 is 2.38 bits per heavy atom. The second-order valence-corrected chi connectivity index (χ2v) is 4.97. The van der Waals surface area contributed by atoms with Crippen LogP contribution in [-0.2, 0) is 17.7 Å². The van der Waals surface area contributed by atoms with E-state index in [0.29, 0.717) is 30.5 Å². The number of imidazole rings is 1. The van der Waals surface area contributed by atoms with E-state index < -0.39 is 0 Å². The van der Waals surface area contributed by atoms with Crippen LogP contribution in [0.1, 0.15) is 29.0 Å². The number of methoxy groups -OCH3 is 1. The highest BCUT2D eigenvalue weighted by Crippen LogP contribution is 2.19. The van der Waals surface area contributed by atoms with Crippen LogP contribution < -0.4 is 5.32 Å². The van der Waals surface area contributed by atoms with Crippen molar-refractivity contribution in [2.75, 3.05) is 20.3 Å². The number of H-pyrrole nitrogens is 1. The summed E-state index contributed by atoms with van der Waals surface area (Å²) in [6.45, 7) is 2.11. The molecule has 0 spiro atoms. The van der Waals surface area contributed by atoms with Crippen LogP contribution in [0.25, 0.3) is 11.6 Å². The molecule has 2 N–H and O–H groups in total. The minimum absolute atomic E-state index is 0.129. The molecule has 2 aromatic heterocycles. The van der Waals surface area contributed by atoms with Gasteiger partial charge in [0, 0.05) is 32.5 Å². The zero-order chi connectivity index (χ0) is 14.7. The van der Waals surface area contributed by atoms with Crippen molar-refractivity contribution < 1.29 is 9.53 Å². The van der Waals surface area contributed by atoms with Crippen LogP contribution in [0.4, 0.5) is 0 Å². The lowest BCUT2D eigenvalue weighted by molar-refractivity contribution is 0.0951. The number of carbonyl (C=O) groups is 1. The Labute approximate surface area is 121 Å². The highest BCUT2D eigenvalue weighted by molar-refractivity contribution is 5.94. The summed E-state index contributed by atoms with van der Waals surface area (Å²) in [4.78, 5) is 19.5. The van der Waals surface area contributed by atoms with E-state index in [1.807, 2.05) is 4.57 Å². The summed E-state index contributed by atoms with van der Waals surface area (Å²) < 4.78 is 6.96. The first-order valence-electron chi connectivity index (χ1n) is 7.04. The van der Waals surface area contributed by atoms with Crippen molar-refractivity contribution in [3.63, 3.8) is 0 Å². The van der Waals surface area contributed by atoms with Crippen molar-refractivity contribution in [3.8, 4) is 11.6 Å². The normalized spacial score (nSPS) is 14.6. The number of aryl methyl sites for hydroxylation is 2. The molecule has 0 fully saturated rings. The Morgan fingerprint density at radius 1 is 1.48 bits per heavy atom. The van der Waals surface area contributed by atoms with Gasteiger partial charge >= 0.3 is 0 Å². The Morgan fingerprint density at radius 3 is 3.24 bits per heavy atom. The van der Waals surface area contributed by atoms with Crippen molar-refractivity contribution in [1.82, 2.24) is 30.0 Å². The van der Waals surface area contributed by atoms with Gasteiger partial charge in [-0.25, -0.2) is 4.98 Å². The molecule has 0 saturated carbocycles. The molecular formula is C13H18N6O2. The van der Waals surface area contributed by atoms with Gasteiger partial charge in [-0.1, -0.05) is 0 Å². The minimum atomic E-state index is -0.129. The van der Waals surface area contributed by atoms with E-state index in [1.54, 1.807) is 13.4 Å². The third-order valence-corrected chi connectivity index (χ3v) is 3.46. The van der Waals surface area contributed by atoms with Crippen LogP contribution in [-0.4, -0.2) is 50.9 Å². The third-order valence-electron chi connectivity index (χ3n) is 3.46. The maximum atomic E-state index is 11.9. The maximum Gasteiger partial charge on any atom is 0.271 e. The van der Waals surface area contributed by atoms with Crippen molar-refractivity contribution in [1.29, 1.82) is 0 Å². The fraction of sp³-hybridized carbons (Fsp3) is 0.538. The quantitative estimate of drug-likeness (QED) is 0.776. The van der Waals surface area contributed by atoms with Crippen molar-refractivity contribution in [2.24, 2.45) is 0 Å².